The minimum atomic E-state index is 0.277. The van der Waals surface area contributed by atoms with Crippen molar-refractivity contribution in [1.29, 1.82) is 0 Å². The van der Waals surface area contributed by atoms with E-state index in [0.717, 1.165) is 86.2 Å². The Morgan fingerprint density at radius 2 is 1.67 bits per heavy atom. The highest BCUT2D eigenvalue weighted by atomic mass is 16.7. The number of imidazole rings is 1. The molecule has 1 aliphatic rings. The van der Waals surface area contributed by atoms with Crippen molar-refractivity contribution >= 4 is 6.08 Å². The lowest BCUT2D eigenvalue weighted by molar-refractivity contribution is 0.174. The average Bonchev–Trinajstić information content (AvgIpc) is 3.61. The van der Waals surface area contributed by atoms with Gasteiger partial charge in [-0.25, -0.2) is 4.98 Å². The minimum Gasteiger partial charge on any atom is -0.494 e. The van der Waals surface area contributed by atoms with Crippen LogP contribution in [0, 0.1) is 0 Å². The lowest BCUT2D eigenvalue weighted by Gasteiger charge is -2.25. The van der Waals surface area contributed by atoms with Gasteiger partial charge in [0.2, 0.25) is 6.79 Å². The Labute approximate surface area is 250 Å². The number of benzene rings is 3. The Morgan fingerprint density at radius 1 is 0.857 bits per heavy atom. The molecule has 0 saturated heterocycles. The van der Waals surface area contributed by atoms with Gasteiger partial charge in [0, 0.05) is 31.7 Å². The van der Waals surface area contributed by atoms with Gasteiger partial charge in [-0.1, -0.05) is 81.3 Å². The first-order chi connectivity index (χ1) is 20.7. The molecule has 0 saturated carbocycles. The molecule has 6 nitrogen and oxygen atoms in total. The van der Waals surface area contributed by atoms with E-state index in [1.54, 1.807) is 0 Å². The number of rotatable bonds is 15. The first-order valence-electron chi connectivity index (χ1n) is 15.3. The summed E-state index contributed by atoms with van der Waals surface area (Å²) in [5.74, 6) is 3.56. The first-order valence-corrected chi connectivity index (χ1v) is 15.3. The van der Waals surface area contributed by atoms with Crippen LogP contribution < -0.4 is 14.2 Å². The van der Waals surface area contributed by atoms with Gasteiger partial charge in [-0.3, -0.25) is 4.90 Å². The second-order valence-electron chi connectivity index (χ2n) is 10.7. The van der Waals surface area contributed by atoms with E-state index in [-0.39, 0.29) is 6.79 Å². The molecule has 0 amide bonds. The maximum atomic E-state index is 5.83. The van der Waals surface area contributed by atoms with Crippen LogP contribution in [0.3, 0.4) is 0 Å². The average molecular weight is 566 g/mol. The van der Waals surface area contributed by atoms with Gasteiger partial charge in [-0.2, -0.15) is 0 Å². The molecule has 0 radical (unpaired) electrons. The maximum absolute atomic E-state index is 5.83. The van der Waals surface area contributed by atoms with Crippen molar-refractivity contribution in [2.45, 2.75) is 72.6 Å². The Kier molecular flexibility index (Phi) is 10.3. The number of aromatic nitrogens is 2. The molecule has 0 N–H and O–H groups in total. The molecule has 0 bridgehead atoms. The highest BCUT2D eigenvalue weighted by Gasteiger charge is 2.21. The molecular weight excluding hydrogens is 522 g/mol. The van der Waals surface area contributed by atoms with Gasteiger partial charge in [0.25, 0.3) is 0 Å². The summed E-state index contributed by atoms with van der Waals surface area (Å²) in [7, 11) is 0. The number of fused-ring (bicyclic) bond motifs is 1. The molecule has 0 spiro atoms. The molecule has 4 aromatic rings. The Bertz CT molecular complexity index is 1460. The van der Waals surface area contributed by atoms with Gasteiger partial charge in [0.1, 0.15) is 11.6 Å². The van der Waals surface area contributed by atoms with E-state index in [1.165, 1.54) is 16.8 Å². The number of hydrogen-bond donors (Lipinski definition) is 0. The molecule has 1 aromatic heterocycles. The fourth-order valence-corrected chi connectivity index (χ4v) is 5.37. The summed E-state index contributed by atoms with van der Waals surface area (Å²) in [4.78, 5) is 7.74. The van der Waals surface area contributed by atoms with Crippen molar-refractivity contribution in [3.63, 3.8) is 0 Å². The summed E-state index contributed by atoms with van der Waals surface area (Å²) in [5.41, 5.74) is 5.85. The lowest BCUT2D eigenvalue weighted by Crippen LogP contribution is -2.24. The molecular formula is C36H43N3O3. The number of nitrogens with zero attached hydrogens (tertiary/aromatic N) is 3. The number of allylic oxidation sites excluding steroid dienone is 1. The van der Waals surface area contributed by atoms with Crippen molar-refractivity contribution < 1.29 is 14.2 Å². The Hall–Kier alpha value is -4.03. The summed E-state index contributed by atoms with van der Waals surface area (Å²) in [6.45, 7) is 10.6. The third-order valence-electron chi connectivity index (χ3n) is 7.43. The third kappa shape index (κ3) is 7.42. The smallest absolute Gasteiger partial charge is 0.231 e. The lowest BCUT2D eigenvalue weighted by atomic mass is 10.1. The van der Waals surface area contributed by atoms with E-state index in [0.29, 0.717) is 6.61 Å². The van der Waals surface area contributed by atoms with Gasteiger partial charge in [-0.15, -0.1) is 0 Å². The molecule has 0 fully saturated rings. The van der Waals surface area contributed by atoms with E-state index < -0.39 is 0 Å². The molecule has 220 valence electrons. The van der Waals surface area contributed by atoms with Crippen LogP contribution in [0.25, 0.3) is 17.5 Å². The van der Waals surface area contributed by atoms with Crippen molar-refractivity contribution in [3.8, 4) is 28.6 Å². The molecule has 42 heavy (non-hydrogen) atoms. The zero-order valence-corrected chi connectivity index (χ0v) is 25.2. The van der Waals surface area contributed by atoms with Gasteiger partial charge in [-0.05, 0) is 61.2 Å². The van der Waals surface area contributed by atoms with E-state index in [4.69, 9.17) is 19.2 Å². The van der Waals surface area contributed by atoms with Crippen LogP contribution in [-0.2, 0) is 26.2 Å². The van der Waals surface area contributed by atoms with Crippen LogP contribution in [0.1, 0.15) is 69.0 Å². The fraction of sp³-hybridized carbons (Fsp3) is 0.361. The highest BCUT2D eigenvalue weighted by Crippen LogP contribution is 2.33. The van der Waals surface area contributed by atoms with Crippen LogP contribution in [0.15, 0.2) is 78.9 Å². The van der Waals surface area contributed by atoms with Crippen molar-refractivity contribution in [3.05, 3.63) is 101 Å². The Morgan fingerprint density at radius 3 is 2.45 bits per heavy atom. The predicted molar refractivity (Wildman–Crippen MR) is 170 cm³/mol. The fourth-order valence-electron chi connectivity index (χ4n) is 5.37. The summed E-state index contributed by atoms with van der Waals surface area (Å²) >= 11 is 0. The third-order valence-corrected chi connectivity index (χ3v) is 7.43. The monoisotopic (exact) mass is 565 g/mol. The molecule has 3 aromatic carbocycles. The normalized spacial score (nSPS) is 12.5. The zero-order chi connectivity index (χ0) is 29.1. The standard InChI is InChI=1S/C36H43N3O3/c1-4-7-10-18-32-33(39(21-8-5-2)36(37-32)30-15-11-9-12-16-30)26-38(24-28-14-13-17-31(22-28)40-6-3)25-29-19-20-34-35(23-29)42-27-41-34/h9-20,22-23H,4-8,21,24-27H2,1-3H3. The van der Waals surface area contributed by atoms with Gasteiger partial charge in [0.05, 0.1) is 18.0 Å². The summed E-state index contributed by atoms with van der Waals surface area (Å²) in [6.07, 6.45) is 8.85. The molecule has 0 unspecified atom stereocenters. The summed E-state index contributed by atoms with van der Waals surface area (Å²) < 4.78 is 19.6. The predicted octanol–water partition coefficient (Wildman–Crippen LogP) is 8.49. The second kappa shape index (κ2) is 14.7. The molecule has 0 aliphatic carbocycles. The minimum absolute atomic E-state index is 0.277. The van der Waals surface area contributed by atoms with Gasteiger partial charge < -0.3 is 18.8 Å². The molecule has 1 aliphatic heterocycles. The zero-order valence-electron chi connectivity index (χ0n) is 25.2. The highest BCUT2D eigenvalue weighted by molar-refractivity contribution is 5.61. The van der Waals surface area contributed by atoms with Crippen molar-refractivity contribution in [1.82, 2.24) is 14.5 Å². The second-order valence-corrected chi connectivity index (χ2v) is 10.7. The van der Waals surface area contributed by atoms with Crippen LogP contribution in [0.5, 0.6) is 17.2 Å². The summed E-state index contributed by atoms with van der Waals surface area (Å²) in [6, 6.07) is 25.3. The molecule has 5 rings (SSSR count). The van der Waals surface area contributed by atoms with Crippen LogP contribution >= 0.6 is 0 Å². The quantitative estimate of drug-likeness (QED) is 0.145. The van der Waals surface area contributed by atoms with Crippen molar-refractivity contribution in [2.24, 2.45) is 0 Å². The molecule has 2 heterocycles. The number of ether oxygens (including phenoxy) is 3. The van der Waals surface area contributed by atoms with Gasteiger partial charge >= 0.3 is 0 Å². The van der Waals surface area contributed by atoms with Crippen LogP contribution in [0.4, 0.5) is 0 Å². The molecule has 0 atom stereocenters. The summed E-state index contributed by atoms with van der Waals surface area (Å²) in [5, 5.41) is 0. The number of unbranched alkanes of at least 4 members (excludes halogenated alkanes) is 2. The van der Waals surface area contributed by atoms with Crippen LogP contribution in [-0.4, -0.2) is 27.9 Å². The topological polar surface area (TPSA) is 48.8 Å². The SMILES string of the molecule is CCCC=Cc1nc(-c2ccccc2)n(CCCC)c1CN(Cc1cccc(OCC)c1)Cc1ccc2c(c1)OCO2. The maximum Gasteiger partial charge on any atom is 0.231 e. The molecule has 6 heteroatoms. The Balaban J connectivity index is 1.54. The largest absolute Gasteiger partial charge is 0.494 e. The van der Waals surface area contributed by atoms with E-state index in [2.05, 4.69) is 96.1 Å². The van der Waals surface area contributed by atoms with E-state index in [1.807, 2.05) is 19.1 Å². The van der Waals surface area contributed by atoms with E-state index in [9.17, 15) is 0 Å². The van der Waals surface area contributed by atoms with Crippen molar-refractivity contribution in [2.75, 3.05) is 13.4 Å². The van der Waals surface area contributed by atoms with Crippen LogP contribution in [0.2, 0.25) is 0 Å². The number of hydrogen-bond acceptors (Lipinski definition) is 5. The van der Waals surface area contributed by atoms with Gasteiger partial charge in [0.15, 0.2) is 11.5 Å². The first kappa shape index (κ1) is 29.5. The van der Waals surface area contributed by atoms with E-state index >= 15 is 0 Å².